The van der Waals surface area contributed by atoms with E-state index in [2.05, 4.69) is 28.4 Å². The third-order valence-electron chi connectivity index (χ3n) is 6.84. The summed E-state index contributed by atoms with van der Waals surface area (Å²) in [7, 11) is 1.65. The Morgan fingerprint density at radius 1 is 1.09 bits per heavy atom. The summed E-state index contributed by atoms with van der Waals surface area (Å²) in [5.41, 5.74) is 5.42. The summed E-state index contributed by atoms with van der Waals surface area (Å²) in [6.07, 6.45) is 3.50. The van der Waals surface area contributed by atoms with E-state index in [0.29, 0.717) is 22.9 Å². The number of rotatable bonds is 4. The zero-order valence-electron chi connectivity index (χ0n) is 18.7. The number of aromatic nitrogens is 1. The van der Waals surface area contributed by atoms with Gasteiger partial charge in [0.2, 0.25) is 0 Å². The normalized spacial score (nSPS) is 17.2. The maximum absolute atomic E-state index is 13.7. The number of methoxy groups -OCH3 is 1. The fourth-order valence-corrected chi connectivity index (χ4v) is 5.17. The number of ether oxygens (including phenoxy) is 1. The molecular formula is C27H25N3O3. The molecule has 6 nitrogen and oxygen atoms in total. The Morgan fingerprint density at radius 2 is 1.94 bits per heavy atom. The Labute approximate surface area is 192 Å². The van der Waals surface area contributed by atoms with Gasteiger partial charge in [-0.1, -0.05) is 35.5 Å². The van der Waals surface area contributed by atoms with E-state index in [9.17, 15) is 4.79 Å². The highest BCUT2D eigenvalue weighted by Gasteiger charge is 2.34. The minimum absolute atomic E-state index is 0.0186. The molecule has 0 unspecified atom stereocenters. The van der Waals surface area contributed by atoms with Crippen LogP contribution in [0.4, 0.5) is 17.1 Å². The van der Waals surface area contributed by atoms with E-state index >= 15 is 0 Å². The molecule has 6 heteroatoms. The largest absolute Gasteiger partial charge is 0.497 e. The van der Waals surface area contributed by atoms with Gasteiger partial charge in [-0.15, -0.1) is 0 Å². The first-order valence-corrected chi connectivity index (χ1v) is 11.4. The zero-order chi connectivity index (χ0) is 22.5. The first kappa shape index (κ1) is 19.9. The lowest BCUT2D eigenvalue weighted by atomic mass is 9.86. The second kappa shape index (κ2) is 7.66. The second-order valence-corrected chi connectivity index (χ2v) is 8.82. The standard InChI is InChI=1S/C27H25N3O3/c1-16-8-5-6-13-30(16)22-15-21(28-17-9-7-10-18(14-17)32-2)23-24-25(22)29-33-27(24)20-12-4-3-11-19(20)26(23)31/h3-4,7,9-12,14-16,28H,5-6,8,13H2,1-2H3/t16-/m0/s1. The van der Waals surface area contributed by atoms with Gasteiger partial charge < -0.3 is 19.5 Å². The second-order valence-electron chi connectivity index (χ2n) is 8.82. The number of hydrogen-bond acceptors (Lipinski definition) is 6. The van der Waals surface area contributed by atoms with Crippen LogP contribution >= 0.6 is 0 Å². The molecule has 1 N–H and O–H groups in total. The Kier molecular flexibility index (Phi) is 4.61. The first-order valence-electron chi connectivity index (χ1n) is 11.4. The molecular weight excluding hydrogens is 414 g/mol. The van der Waals surface area contributed by atoms with Crippen LogP contribution in [0, 0.1) is 0 Å². The molecule has 6 rings (SSSR count). The molecule has 1 aliphatic heterocycles. The summed E-state index contributed by atoms with van der Waals surface area (Å²) in [6, 6.07) is 17.8. The van der Waals surface area contributed by atoms with Crippen molar-refractivity contribution in [2.75, 3.05) is 23.9 Å². The zero-order valence-corrected chi connectivity index (χ0v) is 18.7. The van der Waals surface area contributed by atoms with E-state index in [4.69, 9.17) is 9.26 Å². The summed E-state index contributed by atoms with van der Waals surface area (Å²) in [5, 5.41) is 8.78. The predicted octanol–water partition coefficient (Wildman–Crippen LogP) is 6.17. The molecule has 2 heterocycles. The van der Waals surface area contributed by atoms with Crippen molar-refractivity contribution in [2.24, 2.45) is 0 Å². The molecule has 3 aromatic carbocycles. The van der Waals surface area contributed by atoms with Gasteiger partial charge in [0.25, 0.3) is 0 Å². The molecule has 0 saturated carbocycles. The molecule has 4 aromatic rings. The van der Waals surface area contributed by atoms with E-state index in [-0.39, 0.29) is 5.78 Å². The fourth-order valence-electron chi connectivity index (χ4n) is 5.17. The Hall–Kier alpha value is -3.80. The van der Waals surface area contributed by atoms with Crippen molar-refractivity contribution in [1.82, 2.24) is 5.16 Å². The molecule has 166 valence electrons. The molecule has 0 spiro atoms. The lowest BCUT2D eigenvalue weighted by Crippen LogP contribution is -2.37. The summed E-state index contributed by atoms with van der Waals surface area (Å²) < 4.78 is 11.3. The van der Waals surface area contributed by atoms with Crippen LogP contribution in [-0.4, -0.2) is 30.6 Å². The van der Waals surface area contributed by atoms with Crippen molar-refractivity contribution in [1.29, 1.82) is 0 Å². The van der Waals surface area contributed by atoms with E-state index < -0.39 is 0 Å². The van der Waals surface area contributed by atoms with Gasteiger partial charge in [-0.05, 0) is 44.4 Å². The van der Waals surface area contributed by atoms with Gasteiger partial charge in [-0.25, -0.2) is 0 Å². The number of nitrogens with zero attached hydrogens (tertiary/aromatic N) is 2. The van der Waals surface area contributed by atoms with Crippen LogP contribution in [0.1, 0.15) is 42.1 Å². The van der Waals surface area contributed by atoms with Crippen molar-refractivity contribution in [3.05, 3.63) is 65.7 Å². The molecule has 1 saturated heterocycles. The Balaban J connectivity index is 1.61. The van der Waals surface area contributed by atoms with Crippen molar-refractivity contribution in [3.63, 3.8) is 0 Å². The van der Waals surface area contributed by atoms with Crippen molar-refractivity contribution >= 4 is 33.7 Å². The fraction of sp³-hybridized carbons (Fsp3) is 0.259. The molecule has 0 radical (unpaired) electrons. The molecule has 1 aliphatic carbocycles. The number of carbonyl (C=O) groups is 1. The van der Waals surface area contributed by atoms with Crippen LogP contribution in [0.25, 0.3) is 22.2 Å². The summed E-state index contributed by atoms with van der Waals surface area (Å²) in [5.74, 6) is 1.40. The van der Waals surface area contributed by atoms with Gasteiger partial charge in [-0.2, -0.15) is 0 Å². The number of carbonyl (C=O) groups excluding carboxylic acids is 1. The van der Waals surface area contributed by atoms with Crippen LogP contribution < -0.4 is 15.0 Å². The SMILES string of the molecule is COc1cccc(Nc2cc(N3CCCC[C@@H]3C)c3noc4c3c2C(=O)c2ccccc2-4)c1. The van der Waals surface area contributed by atoms with E-state index in [1.54, 1.807) is 7.11 Å². The number of benzene rings is 3. The third kappa shape index (κ3) is 3.09. The molecule has 1 atom stereocenters. The molecule has 0 bridgehead atoms. The number of fused-ring (bicyclic) bond motifs is 2. The summed E-state index contributed by atoms with van der Waals surface area (Å²) in [4.78, 5) is 16.1. The predicted molar refractivity (Wildman–Crippen MR) is 130 cm³/mol. The topological polar surface area (TPSA) is 67.6 Å². The summed E-state index contributed by atoms with van der Waals surface area (Å²) >= 11 is 0. The monoisotopic (exact) mass is 439 g/mol. The molecule has 1 fully saturated rings. The lowest BCUT2D eigenvalue weighted by Gasteiger charge is -2.36. The van der Waals surface area contributed by atoms with Crippen molar-refractivity contribution < 1.29 is 14.1 Å². The number of hydrogen-bond donors (Lipinski definition) is 1. The molecule has 0 amide bonds. The maximum atomic E-state index is 13.7. The van der Waals surface area contributed by atoms with Crippen LogP contribution in [0.2, 0.25) is 0 Å². The minimum atomic E-state index is -0.0186. The van der Waals surface area contributed by atoms with E-state index in [1.807, 2.05) is 48.5 Å². The maximum Gasteiger partial charge on any atom is 0.196 e. The molecule has 1 aromatic heterocycles. The van der Waals surface area contributed by atoms with Gasteiger partial charge in [0.05, 0.1) is 29.4 Å². The van der Waals surface area contributed by atoms with Gasteiger partial charge in [0.1, 0.15) is 11.3 Å². The van der Waals surface area contributed by atoms with Crippen molar-refractivity contribution in [2.45, 2.75) is 32.2 Å². The lowest BCUT2D eigenvalue weighted by molar-refractivity contribution is 0.104. The third-order valence-corrected chi connectivity index (χ3v) is 6.84. The highest BCUT2D eigenvalue weighted by atomic mass is 16.5. The van der Waals surface area contributed by atoms with Crippen LogP contribution in [0.3, 0.4) is 0 Å². The highest BCUT2D eigenvalue weighted by Crippen LogP contribution is 2.47. The average Bonchev–Trinajstić information content (AvgIpc) is 3.29. The quantitative estimate of drug-likeness (QED) is 0.361. The Morgan fingerprint density at radius 3 is 2.76 bits per heavy atom. The Bertz CT molecular complexity index is 1390. The number of anilines is 3. The number of nitrogens with one attached hydrogen (secondary N) is 1. The van der Waals surface area contributed by atoms with E-state index in [1.165, 1.54) is 6.42 Å². The number of piperidine rings is 1. The molecule has 2 aliphatic rings. The van der Waals surface area contributed by atoms with Gasteiger partial charge in [0, 0.05) is 35.5 Å². The summed E-state index contributed by atoms with van der Waals surface area (Å²) in [6.45, 7) is 3.21. The van der Waals surface area contributed by atoms with Gasteiger partial charge >= 0.3 is 0 Å². The van der Waals surface area contributed by atoms with Crippen LogP contribution in [0.15, 0.2) is 59.1 Å². The van der Waals surface area contributed by atoms with Crippen molar-refractivity contribution in [3.8, 4) is 17.1 Å². The number of ketones is 1. The smallest absolute Gasteiger partial charge is 0.196 e. The first-order chi connectivity index (χ1) is 16.2. The average molecular weight is 440 g/mol. The van der Waals surface area contributed by atoms with Crippen LogP contribution in [0.5, 0.6) is 5.75 Å². The van der Waals surface area contributed by atoms with Gasteiger partial charge in [-0.3, -0.25) is 4.79 Å². The highest BCUT2D eigenvalue weighted by molar-refractivity contribution is 6.28. The van der Waals surface area contributed by atoms with Crippen LogP contribution in [-0.2, 0) is 0 Å². The van der Waals surface area contributed by atoms with Gasteiger partial charge in [0.15, 0.2) is 11.5 Å². The molecule has 33 heavy (non-hydrogen) atoms. The minimum Gasteiger partial charge on any atom is -0.497 e. The van der Waals surface area contributed by atoms with E-state index in [0.717, 1.165) is 58.7 Å².